The summed E-state index contributed by atoms with van der Waals surface area (Å²) >= 11 is 0. The van der Waals surface area contributed by atoms with Crippen LogP contribution in [0.15, 0.2) is 36.5 Å². The Balaban J connectivity index is 2.09. The molecule has 2 N–H and O–H groups in total. The molecule has 0 radical (unpaired) electrons. The smallest absolute Gasteiger partial charge is 0.0602 e. The number of nitrogens with zero attached hydrogens (tertiary/aromatic N) is 2. The van der Waals surface area contributed by atoms with Crippen LogP contribution in [0.5, 0.6) is 0 Å². The van der Waals surface area contributed by atoms with Crippen molar-refractivity contribution in [3.8, 4) is 0 Å². The van der Waals surface area contributed by atoms with Crippen molar-refractivity contribution in [2.45, 2.75) is 45.7 Å². The van der Waals surface area contributed by atoms with E-state index in [0.717, 1.165) is 11.3 Å². The van der Waals surface area contributed by atoms with Gasteiger partial charge < -0.3 is 5.73 Å². The largest absolute Gasteiger partial charge is 0.322 e. The molecule has 19 heavy (non-hydrogen) atoms. The Labute approximate surface area is 115 Å². The van der Waals surface area contributed by atoms with Gasteiger partial charge in [-0.15, -0.1) is 0 Å². The second-order valence-electron chi connectivity index (χ2n) is 6.16. The van der Waals surface area contributed by atoms with E-state index in [4.69, 9.17) is 5.73 Å². The monoisotopic (exact) mass is 257 g/mol. The van der Waals surface area contributed by atoms with E-state index in [1.54, 1.807) is 0 Å². The molecule has 0 spiro atoms. The molecule has 1 heterocycles. The lowest BCUT2D eigenvalue weighted by Crippen LogP contribution is -2.18. The molecule has 0 aliphatic carbocycles. The number of rotatable bonds is 3. The Hall–Kier alpha value is -1.61. The van der Waals surface area contributed by atoms with Crippen LogP contribution in [0.4, 0.5) is 0 Å². The number of nitrogens with two attached hydrogens (primary N) is 1. The minimum atomic E-state index is -0.0201. The first-order valence-corrected chi connectivity index (χ1v) is 6.72. The van der Waals surface area contributed by atoms with Crippen LogP contribution in [0, 0.1) is 6.92 Å². The molecule has 0 saturated carbocycles. The molecular formula is C16H23N3. The lowest BCUT2D eigenvalue weighted by molar-refractivity contribution is 0.524. The normalized spacial score (nSPS) is 13.5. The lowest BCUT2D eigenvalue weighted by atomic mass is 9.86. The van der Waals surface area contributed by atoms with Gasteiger partial charge in [0.05, 0.1) is 12.2 Å². The Morgan fingerprint density at radius 3 is 2.26 bits per heavy atom. The van der Waals surface area contributed by atoms with Crippen LogP contribution < -0.4 is 5.73 Å². The molecular weight excluding hydrogens is 234 g/mol. The van der Waals surface area contributed by atoms with Crippen molar-refractivity contribution < 1.29 is 0 Å². The molecule has 0 amide bonds. The van der Waals surface area contributed by atoms with Crippen molar-refractivity contribution in [2.75, 3.05) is 0 Å². The SMILES string of the molecule is Cc1ccn(CC(N)c2ccc(C(C)(C)C)cc2)n1. The summed E-state index contributed by atoms with van der Waals surface area (Å²) in [6, 6.07) is 10.6. The van der Waals surface area contributed by atoms with Crippen LogP contribution in [0.3, 0.4) is 0 Å². The fourth-order valence-corrected chi connectivity index (χ4v) is 2.10. The lowest BCUT2D eigenvalue weighted by Gasteiger charge is -2.20. The fourth-order valence-electron chi connectivity index (χ4n) is 2.10. The summed E-state index contributed by atoms with van der Waals surface area (Å²) in [5, 5.41) is 4.37. The van der Waals surface area contributed by atoms with Gasteiger partial charge in [-0.25, -0.2) is 0 Å². The van der Waals surface area contributed by atoms with E-state index < -0.39 is 0 Å². The second-order valence-corrected chi connectivity index (χ2v) is 6.16. The summed E-state index contributed by atoms with van der Waals surface area (Å²) in [4.78, 5) is 0. The summed E-state index contributed by atoms with van der Waals surface area (Å²) in [5.41, 5.74) is 9.93. The molecule has 1 aromatic heterocycles. The van der Waals surface area contributed by atoms with Gasteiger partial charge in [0.2, 0.25) is 0 Å². The van der Waals surface area contributed by atoms with Gasteiger partial charge in [0.25, 0.3) is 0 Å². The molecule has 2 rings (SSSR count). The predicted octanol–water partition coefficient (Wildman–Crippen LogP) is 3.19. The van der Waals surface area contributed by atoms with Gasteiger partial charge in [0.1, 0.15) is 0 Å². The topological polar surface area (TPSA) is 43.8 Å². The van der Waals surface area contributed by atoms with E-state index in [0.29, 0.717) is 6.54 Å². The second kappa shape index (κ2) is 5.17. The number of aromatic nitrogens is 2. The number of hydrogen-bond donors (Lipinski definition) is 1. The first-order chi connectivity index (χ1) is 8.86. The van der Waals surface area contributed by atoms with Crippen LogP contribution in [-0.4, -0.2) is 9.78 Å². The average molecular weight is 257 g/mol. The van der Waals surface area contributed by atoms with Gasteiger partial charge in [-0.3, -0.25) is 4.68 Å². The van der Waals surface area contributed by atoms with Gasteiger partial charge in [-0.2, -0.15) is 5.10 Å². The molecule has 0 aliphatic rings. The summed E-state index contributed by atoms with van der Waals surface area (Å²) in [5.74, 6) is 0. The van der Waals surface area contributed by atoms with Gasteiger partial charge in [-0.1, -0.05) is 45.0 Å². The minimum absolute atomic E-state index is 0.0201. The van der Waals surface area contributed by atoms with E-state index in [-0.39, 0.29) is 11.5 Å². The molecule has 3 nitrogen and oxygen atoms in total. The molecule has 1 aromatic carbocycles. The van der Waals surface area contributed by atoms with Gasteiger partial charge >= 0.3 is 0 Å². The Morgan fingerprint density at radius 1 is 1.16 bits per heavy atom. The van der Waals surface area contributed by atoms with E-state index in [1.165, 1.54) is 5.56 Å². The van der Waals surface area contributed by atoms with Gasteiger partial charge in [-0.05, 0) is 29.5 Å². The third kappa shape index (κ3) is 3.44. The van der Waals surface area contributed by atoms with Gasteiger partial charge in [0, 0.05) is 12.2 Å². The van der Waals surface area contributed by atoms with Gasteiger partial charge in [0.15, 0.2) is 0 Å². The minimum Gasteiger partial charge on any atom is -0.322 e. The Bertz CT molecular complexity index is 532. The highest BCUT2D eigenvalue weighted by Gasteiger charge is 2.14. The van der Waals surface area contributed by atoms with E-state index >= 15 is 0 Å². The van der Waals surface area contributed by atoms with Crippen LogP contribution in [-0.2, 0) is 12.0 Å². The highest BCUT2D eigenvalue weighted by Crippen LogP contribution is 2.23. The first-order valence-electron chi connectivity index (χ1n) is 6.72. The zero-order valence-corrected chi connectivity index (χ0v) is 12.2. The number of aryl methyl sites for hydroxylation is 1. The van der Waals surface area contributed by atoms with Crippen molar-refractivity contribution in [1.29, 1.82) is 0 Å². The highest BCUT2D eigenvalue weighted by atomic mass is 15.3. The quantitative estimate of drug-likeness (QED) is 0.917. The zero-order valence-electron chi connectivity index (χ0n) is 12.2. The Morgan fingerprint density at radius 2 is 1.79 bits per heavy atom. The maximum Gasteiger partial charge on any atom is 0.0602 e. The zero-order chi connectivity index (χ0) is 14.0. The summed E-state index contributed by atoms with van der Waals surface area (Å²) in [7, 11) is 0. The van der Waals surface area contributed by atoms with E-state index in [2.05, 4.69) is 50.1 Å². The van der Waals surface area contributed by atoms with Crippen LogP contribution >= 0.6 is 0 Å². The molecule has 3 heteroatoms. The maximum absolute atomic E-state index is 6.23. The molecule has 102 valence electrons. The molecule has 0 fully saturated rings. The summed E-state index contributed by atoms with van der Waals surface area (Å²) < 4.78 is 1.90. The van der Waals surface area contributed by atoms with E-state index in [1.807, 2.05) is 23.9 Å². The standard InChI is InChI=1S/C16H23N3/c1-12-9-10-19(18-12)11-15(17)13-5-7-14(8-6-13)16(2,3)4/h5-10,15H,11,17H2,1-4H3. The summed E-state index contributed by atoms with van der Waals surface area (Å²) in [6.07, 6.45) is 1.97. The number of benzene rings is 1. The van der Waals surface area contributed by atoms with Crippen molar-refractivity contribution in [3.05, 3.63) is 53.3 Å². The van der Waals surface area contributed by atoms with Crippen molar-refractivity contribution in [1.82, 2.24) is 9.78 Å². The molecule has 0 bridgehead atoms. The molecule has 1 atom stereocenters. The van der Waals surface area contributed by atoms with E-state index in [9.17, 15) is 0 Å². The van der Waals surface area contributed by atoms with Crippen molar-refractivity contribution >= 4 is 0 Å². The molecule has 0 saturated heterocycles. The highest BCUT2D eigenvalue weighted by molar-refractivity contribution is 5.29. The molecule has 0 aliphatic heterocycles. The first kappa shape index (κ1) is 13.8. The third-order valence-corrected chi connectivity index (χ3v) is 3.36. The fraction of sp³-hybridized carbons (Fsp3) is 0.438. The van der Waals surface area contributed by atoms with Crippen LogP contribution in [0.25, 0.3) is 0 Å². The van der Waals surface area contributed by atoms with Crippen LogP contribution in [0.2, 0.25) is 0 Å². The Kier molecular flexibility index (Phi) is 3.76. The van der Waals surface area contributed by atoms with Crippen molar-refractivity contribution in [3.63, 3.8) is 0 Å². The van der Waals surface area contributed by atoms with Crippen LogP contribution in [0.1, 0.15) is 43.6 Å². The summed E-state index contributed by atoms with van der Waals surface area (Å²) in [6.45, 7) is 9.35. The predicted molar refractivity (Wildman–Crippen MR) is 79.0 cm³/mol. The van der Waals surface area contributed by atoms with Crippen molar-refractivity contribution in [2.24, 2.45) is 5.73 Å². The molecule has 1 unspecified atom stereocenters. The molecule has 2 aromatic rings. The third-order valence-electron chi connectivity index (χ3n) is 3.36. The number of hydrogen-bond acceptors (Lipinski definition) is 2. The average Bonchev–Trinajstić information content (AvgIpc) is 2.74. The maximum atomic E-state index is 6.23.